The van der Waals surface area contributed by atoms with Crippen LogP contribution in [0.2, 0.25) is 5.15 Å². The zero-order valence-electron chi connectivity index (χ0n) is 15.4. The van der Waals surface area contributed by atoms with Crippen molar-refractivity contribution >= 4 is 29.1 Å². The van der Waals surface area contributed by atoms with Crippen LogP contribution >= 0.6 is 11.6 Å². The molecule has 1 aliphatic heterocycles. The average molecular weight is 426 g/mol. The summed E-state index contributed by atoms with van der Waals surface area (Å²) in [6.07, 6.45) is -1.32. The molecule has 0 bridgehead atoms. The normalized spacial score (nSPS) is 15.2. The number of hydrogen-bond acceptors (Lipinski definition) is 3. The van der Waals surface area contributed by atoms with Crippen molar-refractivity contribution in [2.45, 2.75) is 25.4 Å². The number of piperidine rings is 1. The van der Waals surface area contributed by atoms with E-state index >= 15 is 0 Å². The van der Waals surface area contributed by atoms with Gasteiger partial charge in [-0.3, -0.25) is 9.59 Å². The van der Waals surface area contributed by atoms with Gasteiger partial charge in [-0.15, -0.1) is 0 Å². The standard InChI is InChI=1S/C20H19ClF3N3O2/c21-17-6-5-16(12-25-17)26-18(28)11-13-7-9-27(10-8-13)19(29)14-1-3-15(4-2-14)20(22,23)24/h1-6,12-13H,7-11H2,(H,26,28). The second-order valence-electron chi connectivity index (χ2n) is 6.93. The van der Waals surface area contributed by atoms with E-state index in [4.69, 9.17) is 11.6 Å². The zero-order valence-corrected chi connectivity index (χ0v) is 16.1. The van der Waals surface area contributed by atoms with E-state index < -0.39 is 11.7 Å². The summed E-state index contributed by atoms with van der Waals surface area (Å²) in [5, 5.41) is 3.10. The molecule has 1 aromatic carbocycles. The smallest absolute Gasteiger partial charge is 0.339 e. The van der Waals surface area contributed by atoms with Crippen LogP contribution in [0.25, 0.3) is 0 Å². The third kappa shape index (κ3) is 5.69. The molecule has 1 fully saturated rings. The fraction of sp³-hybridized carbons (Fsp3) is 0.350. The fourth-order valence-corrected chi connectivity index (χ4v) is 3.36. The minimum atomic E-state index is -4.43. The summed E-state index contributed by atoms with van der Waals surface area (Å²) >= 11 is 5.71. The number of anilines is 1. The van der Waals surface area contributed by atoms with Crippen molar-refractivity contribution in [2.75, 3.05) is 18.4 Å². The van der Waals surface area contributed by atoms with Crippen LogP contribution in [0, 0.1) is 5.92 Å². The minimum Gasteiger partial charge on any atom is -0.339 e. The van der Waals surface area contributed by atoms with Gasteiger partial charge < -0.3 is 10.2 Å². The number of hydrogen-bond donors (Lipinski definition) is 1. The molecule has 1 aromatic heterocycles. The van der Waals surface area contributed by atoms with Gasteiger partial charge in [-0.1, -0.05) is 11.6 Å². The van der Waals surface area contributed by atoms with Gasteiger partial charge in [-0.2, -0.15) is 13.2 Å². The van der Waals surface area contributed by atoms with Gasteiger partial charge in [0.25, 0.3) is 5.91 Å². The topological polar surface area (TPSA) is 62.3 Å². The van der Waals surface area contributed by atoms with Crippen LogP contribution in [-0.2, 0) is 11.0 Å². The van der Waals surface area contributed by atoms with Crippen LogP contribution in [0.3, 0.4) is 0 Å². The molecule has 9 heteroatoms. The molecule has 0 radical (unpaired) electrons. The molecule has 2 amide bonds. The summed E-state index contributed by atoms with van der Waals surface area (Å²) in [7, 11) is 0. The zero-order chi connectivity index (χ0) is 21.0. The van der Waals surface area contributed by atoms with Crippen molar-refractivity contribution in [3.05, 3.63) is 58.9 Å². The number of nitrogens with zero attached hydrogens (tertiary/aromatic N) is 2. The van der Waals surface area contributed by atoms with E-state index in [0.717, 1.165) is 12.1 Å². The van der Waals surface area contributed by atoms with E-state index in [0.29, 0.717) is 43.2 Å². The monoisotopic (exact) mass is 425 g/mol. The Morgan fingerprint density at radius 2 is 1.76 bits per heavy atom. The number of halogens is 4. The number of benzene rings is 1. The number of amides is 2. The summed E-state index contributed by atoms with van der Waals surface area (Å²) in [5.74, 6) is -0.303. The van der Waals surface area contributed by atoms with Crippen molar-refractivity contribution in [3.8, 4) is 0 Å². The van der Waals surface area contributed by atoms with Gasteiger partial charge in [-0.05, 0) is 55.2 Å². The molecule has 0 saturated carbocycles. The van der Waals surface area contributed by atoms with Gasteiger partial charge in [-0.25, -0.2) is 4.98 Å². The second-order valence-corrected chi connectivity index (χ2v) is 7.32. The Labute approximate surface area is 170 Å². The van der Waals surface area contributed by atoms with Crippen LogP contribution in [0.4, 0.5) is 18.9 Å². The molecule has 1 N–H and O–H groups in total. The summed E-state index contributed by atoms with van der Waals surface area (Å²) < 4.78 is 37.9. The molecular formula is C20H19ClF3N3O2. The Hall–Kier alpha value is -2.61. The average Bonchev–Trinajstić information content (AvgIpc) is 2.69. The number of carbonyl (C=O) groups is 2. The van der Waals surface area contributed by atoms with E-state index in [1.807, 2.05) is 0 Å². The molecule has 1 aliphatic rings. The highest BCUT2D eigenvalue weighted by Gasteiger charge is 2.31. The number of rotatable bonds is 4. The Bertz CT molecular complexity index is 862. The Kier molecular flexibility index (Phi) is 6.42. The molecule has 29 heavy (non-hydrogen) atoms. The van der Waals surface area contributed by atoms with E-state index in [1.165, 1.54) is 18.3 Å². The Morgan fingerprint density at radius 1 is 1.10 bits per heavy atom. The first-order valence-corrected chi connectivity index (χ1v) is 9.48. The number of likely N-dealkylation sites (tertiary alicyclic amines) is 1. The lowest BCUT2D eigenvalue weighted by Gasteiger charge is -2.32. The van der Waals surface area contributed by atoms with Gasteiger partial charge in [0.1, 0.15) is 5.15 Å². The molecule has 0 unspecified atom stereocenters. The largest absolute Gasteiger partial charge is 0.416 e. The lowest BCUT2D eigenvalue weighted by molar-refractivity contribution is -0.137. The lowest BCUT2D eigenvalue weighted by atomic mass is 9.92. The van der Waals surface area contributed by atoms with Crippen LogP contribution < -0.4 is 5.32 Å². The van der Waals surface area contributed by atoms with Gasteiger partial charge in [0.2, 0.25) is 5.91 Å². The third-order valence-electron chi connectivity index (χ3n) is 4.85. The van der Waals surface area contributed by atoms with E-state index in [9.17, 15) is 22.8 Å². The predicted octanol–water partition coefficient (Wildman–Crippen LogP) is 4.63. The van der Waals surface area contributed by atoms with Gasteiger partial charge >= 0.3 is 6.18 Å². The SMILES string of the molecule is O=C(CC1CCN(C(=O)c2ccc(C(F)(F)F)cc2)CC1)Nc1ccc(Cl)nc1. The van der Waals surface area contributed by atoms with E-state index in [-0.39, 0.29) is 23.3 Å². The summed E-state index contributed by atoms with van der Waals surface area (Å²) in [4.78, 5) is 30.2. The highest BCUT2D eigenvalue weighted by Crippen LogP contribution is 2.29. The summed E-state index contributed by atoms with van der Waals surface area (Å²) in [5.41, 5.74) is 0.00778. The molecule has 0 atom stereocenters. The molecule has 0 spiro atoms. The molecule has 154 valence electrons. The Balaban J connectivity index is 1.49. The van der Waals surface area contributed by atoms with E-state index in [2.05, 4.69) is 10.3 Å². The maximum absolute atomic E-state index is 12.6. The second kappa shape index (κ2) is 8.82. The number of carbonyl (C=O) groups excluding carboxylic acids is 2. The summed E-state index contributed by atoms with van der Waals surface area (Å²) in [6, 6.07) is 7.47. The summed E-state index contributed by atoms with van der Waals surface area (Å²) in [6.45, 7) is 0.917. The number of aromatic nitrogens is 1. The number of nitrogens with one attached hydrogen (secondary N) is 1. The maximum atomic E-state index is 12.6. The molecule has 2 aromatic rings. The van der Waals surface area contributed by atoms with E-state index in [1.54, 1.807) is 17.0 Å². The van der Waals surface area contributed by atoms with Crippen molar-refractivity contribution in [1.29, 1.82) is 0 Å². The van der Waals surface area contributed by atoms with Crippen LogP contribution in [0.15, 0.2) is 42.6 Å². The first-order valence-electron chi connectivity index (χ1n) is 9.10. The number of pyridine rings is 1. The molecular weight excluding hydrogens is 407 g/mol. The number of alkyl halides is 3. The van der Waals surface area contributed by atoms with Crippen molar-refractivity contribution in [2.24, 2.45) is 5.92 Å². The highest BCUT2D eigenvalue weighted by atomic mass is 35.5. The van der Waals surface area contributed by atoms with Crippen LogP contribution in [0.1, 0.15) is 35.2 Å². The van der Waals surface area contributed by atoms with Gasteiger partial charge in [0, 0.05) is 25.1 Å². The fourth-order valence-electron chi connectivity index (χ4n) is 3.25. The predicted molar refractivity (Wildman–Crippen MR) is 103 cm³/mol. The van der Waals surface area contributed by atoms with Gasteiger partial charge in [0.05, 0.1) is 17.4 Å². The van der Waals surface area contributed by atoms with Crippen LogP contribution in [0.5, 0.6) is 0 Å². The lowest BCUT2D eigenvalue weighted by Crippen LogP contribution is -2.39. The Morgan fingerprint density at radius 3 is 2.31 bits per heavy atom. The van der Waals surface area contributed by atoms with Crippen molar-refractivity contribution < 1.29 is 22.8 Å². The van der Waals surface area contributed by atoms with Crippen molar-refractivity contribution in [1.82, 2.24) is 9.88 Å². The molecule has 5 nitrogen and oxygen atoms in total. The third-order valence-corrected chi connectivity index (χ3v) is 5.07. The minimum absolute atomic E-state index is 0.131. The van der Waals surface area contributed by atoms with Crippen LogP contribution in [-0.4, -0.2) is 34.8 Å². The highest BCUT2D eigenvalue weighted by molar-refractivity contribution is 6.29. The van der Waals surface area contributed by atoms with Gasteiger partial charge in [0.15, 0.2) is 0 Å². The quantitative estimate of drug-likeness (QED) is 0.726. The molecule has 2 heterocycles. The maximum Gasteiger partial charge on any atom is 0.416 e. The molecule has 1 saturated heterocycles. The molecule has 0 aliphatic carbocycles. The first kappa shape index (κ1) is 21.1. The first-order chi connectivity index (χ1) is 13.7. The molecule has 3 rings (SSSR count). The van der Waals surface area contributed by atoms with Crippen molar-refractivity contribution in [3.63, 3.8) is 0 Å².